The molecule has 0 saturated carbocycles. The predicted molar refractivity (Wildman–Crippen MR) is 76.5 cm³/mol. The number of nitrogens with two attached hydrogens (primary N) is 1. The third-order valence-corrected chi connectivity index (χ3v) is 2.84. The monoisotopic (exact) mass is 285 g/mol. The number of ether oxygens (including phenoxy) is 1. The summed E-state index contributed by atoms with van der Waals surface area (Å²) in [6, 6.07) is 10.1. The molecule has 0 aliphatic heterocycles. The van der Waals surface area contributed by atoms with Crippen LogP contribution in [-0.4, -0.2) is 13.0 Å². The van der Waals surface area contributed by atoms with Gasteiger partial charge in [-0.3, -0.25) is 4.79 Å². The maximum absolute atomic E-state index is 13.7. The van der Waals surface area contributed by atoms with Gasteiger partial charge in [0.2, 0.25) is 0 Å². The van der Waals surface area contributed by atoms with E-state index in [9.17, 15) is 9.18 Å². The van der Waals surface area contributed by atoms with Gasteiger partial charge in [-0.05, 0) is 36.4 Å². The van der Waals surface area contributed by atoms with Crippen molar-refractivity contribution >= 4 is 17.3 Å². The number of amides is 1. The van der Waals surface area contributed by atoms with Gasteiger partial charge in [0, 0.05) is 5.56 Å². The lowest BCUT2D eigenvalue weighted by molar-refractivity contribution is 0.102. The van der Waals surface area contributed by atoms with Crippen molar-refractivity contribution in [2.45, 2.75) is 0 Å². The van der Waals surface area contributed by atoms with Crippen LogP contribution >= 0.6 is 0 Å². The molecule has 0 atom stereocenters. The summed E-state index contributed by atoms with van der Waals surface area (Å²) in [4.78, 5) is 12.1. The molecule has 2 rings (SSSR count). The van der Waals surface area contributed by atoms with Crippen molar-refractivity contribution in [3.63, 3.8) is 0 Å². The van der Waals surface area contributed by atoms with Crippen molar-refractivity contribution in [2.24, 2.45) is 0 Å². The summed E-state index contributed by atoms with van der Waals surface area (Å²) < 4.78 is 18.7. The third kappa shape index (κ3) is 3.09. The van der Waals surface area contributed by atoms with E-state index in [0.29, 0.717) is 11.4 Å². The Morgan fingerprint density at radius 2 is 2.10 bits per heavy atom. The largest absolute Gasteiger partial charge is 0.495 e. The molecule has 0 saturated heterocycles. The molecular formula is C15H12FN3O2. The summed E-state index contributed by atoms with van der Waals surface area (Å²) in [6.07, 6.45) is 0. The van der Waals surface area contributed by atoms with Crippen molar-refractivity contribution < 1.29 is 13.9 Å². The number of hydrogen-bond acceptors (Lipinski definition) is 4. The van der Waals surface area contributed by atoms with Crippen molar-refractivity contribution in [3.05, 3.63) is 53.3 Å². The van der Waals surface area contributed by atoms with E-state index in [1.165, 1.54) is 37.4 Å². The second-order valence-corrected chi connectivity index (χ2v) is 4.22. The Morgan fingerprint density at radius 1 is 1.33 bits per heavy atom. The Hall–Kier alpha value is -3.07. The zero-order chi connectivity index (χ0) is 15.4. The van der Waals surface area contributed by atoms with Gasteiger partial charge in [-0.25, -0.2) is 4.39 Å². The van der Waals surface area contributed by atoms with Crippen molar-refractivity contribution in [2.75, 3.05) is 18.2 Å². The molecule has 3 N–H and O–H groups in total. The lowest BCUT2D eigenvalue weighted by Gasteiger charge is -2.09. The number of benzene rings is 2. The Labute approximate surface area is 120 Å². The van der Waals surface area contributed by atoms with Gasteiger partial charge in [0.05, 0.1) is 30.1 Å². The molecule has 21 heavy (non-hydrogen) atoms. The second-order valence-electron chi connectivity index (χ2n) is 4.22. The Kier molecular flexibility index (Phi) is 4.05. The fourth-order valence-electron chi connectivity index (χ4n) is 1.73. The fourth-order valence-corrected chi connectivity index (χ4v) is 1.73. The zero-order valence-corrected chi connectivity index (χ0v) is 11.2. The molecule has 0 aliphatic rings. The number of nitrogens with one attached hydrogen (secondary N) is 1. The summed E-state index contributed by atoms with van der Waals surface area (Å²) in [6.45, 7) is 0. The maximum atomic E-state index is 13.7. The van der Waals surface area contributed by atoms with Gasteiger partial charge in [0.1, 0.15) is 11.6 Å². The van der Waals surface area contributed by atoms with Crippen LogP contribution in [0, 0.1) is 17.1 Å². The molecule has 0 bridgehead atoms. The van der Waals surface area contributed by atoms with Gasteiger partial charge >= 0.3 is 0 Å². The summed E-state index contributed by atoms with van der Waals surface area (Å²) in [7, 11) is 1.44. The lowest BCUT2D eigenvalue weighted by atomic mass is 10.1. The minimum absolute atomic E-state index is 0.00482. The molecule has 0 radical (unpaired) electrons. The van der Waals surface area contributed by atoms with Gasteiger partial charge in [-0.15, -0.1) is 0 Å². The quantitative estimate of drug-likeness (QED) is 0.848. The van der Waals surface area contributed by atoms with Crippen LogP contribution in [0.3, 0.4) is 0 Å². The molecule has 0 fully saturated rings. The number of carbonyl (C=O) groups excluding carboxylic acids is 1. The highest BCUT2D eigenvalue weighted by atomic mass is 19.1. The van der Waals surface area contributed by atoms with Crippen molar-refractivity contribution in [3.8, 4) is 11.8 Å². The fraction of sp³-hybridized carbons (Fsp3) is 0.0667. The first-order valence-electron chi connectivity index (χ1n) is 5.99. The number of anilines is 2. The standard InChI is InChI=1S/C15H12FN3O2/c1-21-14-7-10(3-4-12(14)18)15(20)19-13-5-2-9(8-17)6-11(13)16/h2-7H,18H2,1H3,(H,19,20). The van der Waals surface area contributed by atoms with Crippen molar-refractivity contribution in [1.82, 2.24) is 0 Å². The number of halogens is 1. The van der Waals surface area contributed by atoms with Crippen LogP contribution in [0.25, 0.3) is 0 Å². The molecule has 1 amide bonds. The van der Waals surface area contributed by atoms with Gasteiger partial charge in [-0.2, -0.15) is 5.26 Å². The van der Waals surface area contributed by atoms with Gasteiger partial charge < -0.3 is 15.8 Å². The van der Waals surface area contributed by atoms with Gasteiger partial charge in [0.25, 0.3) is 5.91 Å². The van der Waals surface area contributed by atoms with Crippen LogP contribution in [-0.2, 0) is 0 Å². The summed E-state index contributed by atoms with van der Waals surface area (Å²) in [5.41, 5.74) is 6.52. The SMILES string of the molecule is COc1cc(C(=O)Nc2ccc(C#N)cc2F)ccc1N. The molecule has 0 spiro atoms. The van der Waals surface area contributed by atoms with E-state index in [4.69, 9.17) is 15.7 Å². The van der Waals surface area contributed by atoms with Crippen molar-refractivity contribution in [1.29, 1.82) is 5.26 Å². The average Bonchev–Trinajstić information content (AvgIpc) is 2.49. The average molecular weight is 285 g/mol. The second kappa shape index (κ2) is 5.92. The molecule has 0 heterocycles. The van der Waals surface area contributed by atoms with Crippen LogP contribution in [0.1, 0.15) is 15.9 Å². The summed E-state index contributed by atoms with van der Waals surface area (Å²) in [5.74, 6) is -0.815. The van der Waals surface area contributed by atoms with E-state index in [1.807, 2.05) is 6.07 Å². The predicted octanol–water partition coefficient (Wildman–Crippen LogP) is 2.54. The molecule has 0 aliphatic carbocycles. The molecule has 6 heteroatoms. The minimum Gasteiger partial charge on any atom is -0.495 e. The van der Waals surface area contributed by atoms with Crippen LogP contribution in [0.4, 0.5) is 15.8 Å². The van der Waals surface area contributed by atoms with E-state index < -0.39 is 11.7 Å². The zero-order valence-electron chi connectivity index (χ0n) is 11.2. The van der Waals surface area contributed by atoms with Crippen LogP contribution in [0.2, 0.25) is 0 Å². The lowest BCUT2D eigenvalue weighted by Crippen LogP contribution is -2.13. The minimum atomic E-state index is -0.676. The van der Waals surface area contributed by atoms with Gasteiger partial charge in [-0.1, -0.05) is 0 Å². The van der Waals surface area contributed by atoms with E-state index in [2.05, 4.69) is 5.32 Å². The topological polar surface area (TPSA) is 88.1 Å². The number of methoxy groups -OCH3 is 1. The highest BCUT2D eigenvalue weighted by Crippen LogP contribution is 2.23. The number of nitrogen functional groups attached to an aromatic ring is 1. The van der Waals surface area contributed by atoms with Crippen LogP contribution in [0.15, 0.2) is 36.4 Å². The molecule has 0 aromatic heterocycles. The number of carbonyl (C=O) groups is 1. The highest BCUT2D eigenvalue weighted by Gasteiger charge is 2.12. The Morgan fingerprint density at radius 3 is 2.71 bits per heavy atom. The summed E-state index contributed by atoms with van der Waals surface area (Å²) in [5, 5.41) is 11.1. The van der Waals surface area contributed by atoms with Crippen LogP contribution < -0.4 is 15.8 Å². The molecule has 106 valence electrons. The number of nitriles is 1. The number of rotatable bonds is 3. The molecule has 5 nitrogen and oxygen atoms in total. The Bertz CT molecular complexity index is 738. The Balaban J connectivity index is 2.24. The van der Waals surface area contributed by atoms with E-state index >= 15 is 0 Å². The maximum Gasteiger partial charge on any atom is 0.255 e. The van der Waals surface area contributed by atoms with Crippen LogP contribution in [0.5, 0.6) is 5.75 Å². The first-order chi connectivity index (χ1) is 10.0. The number of nitrogens with zero attached hydrogens (tertiary/aromatic N) is 1. The molecular weight excluding hydrogens is 273 g/mol. The number of hydrogen-bond donors (Lipinski definition) is 2. The molecule has 2 aromatic rings. The first kappa shape index (κ1) is 14.3. The van der Waals surface area contributed by atoms with Gasteiger partial charge in [0.15, 0.2) is 0 Å². The van der Waals surface area contributed by atoms with E-state index in [0.717, 1.165) is 6.07 Å². The molecule has 0 unspecified atom stereocenters. The normalized spacial score (nSPS) is 9.76. The molecule has 2 aromatic carbocycles. The van der Waals surface area contributed by atoms with E-state index in [-0.39, 0.29) is 16.8 Å². The first-order valence-corrected chi connectivity index (χ1v) is 5.99. The van der Waals surface area contributed by atoms with E-state index in [1.54, 1.807) is 0 Å². The summed E-state index contributed by atoms with van der Waals surface area (Å²) >= 11 is 0. The third-order valence-electron chi connectivity index (χ3n) is 2.84. The highest BCUT2D eigenvalue weighted by molar-refractivity contribution is 6.04. The smallest absolute Gasteiger partial charge is 0.255 e.